The highest BCUT2D eigenvalue weighted by molar-refractivity contribution is 7.18. The Morgan fingerprint density at radius 1 is 1.38 bits per heavy atom. The smallest absolute Gasteiger partial charge is 0.350 e. The Hall–Kier alpha value is -1.72. The van der Waals surface area contributed by atoms with Crippen molar-refractivity contribution >= 4 is 34.6 Å². The summed E-state index contributed by atoms with van der Waals surface area (Å²) in [6.45, 7) is 1.99. The fourth-order valence-electron chi connectivity index (χ4n) is 2.15. The largest absolute Gasteiger partial charge is 0.496 e. The van der Waals surface area contributed by atoms with Gasteiger partial charge >= 0.3 is 5.97 Å². The van der Waals surface area contributed by atoms with Crippen LogP contribution in [-0.4, -0.2) is 20.2 Å². The van der Waals surface area contributed by atoms with Gasteiger partial charge in [0, 0.05) is 15.5 Å². The molecule has 0 aliphatic heterocycles. The lowest BCUT2D eigenvalue weighted by Gasteiger charge is -2.09. The Kier molecular flexibility index (Phi) is 4.75. The number of hydrogen-bond donors (Lipinski definition) is 1. The van der Waals surface area contributed by atoms with Gasteiger partial charge in [-0.1, -0.05) is 18.5 Å². The number of carbonyl (C=O) groups excluding carboxylic acids is 1. The third-order valence-electron chi connectivity index (χ3n) is 3.18. The average Bonchev–Trinajstić information content (AvgIpc) is 2.83. The Balaban J connectivity index is 2.69. The van der Waals surface area contributed by atoms with E-state index in [1.807, 2.05) is 13.0 Å². The third-order valence-corrected chi connectivity index (χ3v) is 4.67. The molecule has 0 spiro atoms. The molecule has 0 aliphatic carbocycles. The van der Waals surface area contributed by atoms with E-state index in [1.165, 1.54) is 18.4 Å². The number of nitrogen functional groups attached to an aromatic ring is 1. The van der Waals surface area contributed by atoms with Crippen LogP contribution >= 0.6 is 22.9 Å². The second kappa shape index (κ2) is 6.37. The topological polar surface area (TPSA) is 61.5 Å². The highest BCUT2D eigenvalue weighted by atomic mass is 35.5. The van der Waals surface area contributed by atoms with E-state index in [-0.39, 0.29) is 0 Å². The van der Waals surface area contributed by atoms with E-state index in [4.69, 9.17) is 26.8 Å². The summed E-state index contributed by atoms with van der Waals surface area (Å²) in [6.07, 6.45) is 0.699. The molecule has 1 aromatic heterocycles. The summed E-state index contributed by atoms with van der Waals surface area (Å²) in [5.74, 6) is 0.256. The van der Waals surface area contributed by atoms with E-state index in [0.29, 0.717) is 27.8 Å². The first-order chi connectivity index (χ1) is 10.0. The van der Waals surface area contributed by atoms with E-state index in [0.717, 1.165) is 16.0 Å². The highest BCUT2D eigenvalue weighted by Crippen LogP contribution is 2.43. The number of hydrogen-bond acceptors (Lipinski definition) is 5. The summed E-state index contributed by atoms with van der Waals surface area (Å²) in [7, 11) is 2.93. The summed E-state index contributed by atoms with van der Waals surface area (Å²) in [5.41, 5.74) is 8.29. The zero-order valence-corrected chi connectivity index (χ0v) is 13.6. The van der Waals surface area contributed by atoms with E-state index in [2.05, 4.69) is 0 Å². The first-order valence-electron chi connectivity index (χ1n) is 6.36. The normalized spacial score (nSPS) is 10.5. The number of benzene rings is 1. The maximum atomic E-state index is 11.8. The van der Waals surface area contributed by atoms with Gasteiger partial charge < -0.3 is 15.2 Å². The molecule has 0 bridgehead atoms. The van der Waals surface area contributed by atoms with Gasteiger partial charge in [0.1, 0.15) is 10.6 Å². The van der Waals surface area contributed by atoms with Crippen LogP contribution in [0.2, 0.25) is 5.02 Å². The van der Waals surface area contributed by atoms with Crippen LogP contribution in [0.5, 0.6) is 5.75 Å². The number of esters is 1. The van der Waals surface area contributed by atoms with Crippen LogP contribution < -0.4 is 10.5 Å². The minimum Gasteiger partial charge on any atom is -0.496 e. The lowest BCUT2D eigenvalue weighted by molar-refractivity contribution is 0.0607. The molecule has 2 N–H and O–H groups in total. The number of rotatable bonds is 4. The van der Waals surface area contributed by atoms with Gasteiger partial charge in [0.2, 0.25) is 0 Å². The van der Waals surface area contributed by atoms with Gasteiger partial charge in [0.15, 0.2) is 0 Å². The zero-order valence-electron chi connectivity index (χ0n) is 12.0. The molecule has 112 valence electrons. The Bertz CT molecular complexity index is 682. The molecule has 0 saturated heterocycles. The van der Waals surface area contributed by atoms with Crippen molar-refractivity contribution in [3.63, 3.8) is 0 Å². The molecular formula is C15H16ClNO3S. The van der Waals surface area contributed by atoms with Crippen LogP contribution in [0.4, 0.5) is 5.69 Å². The minimum absolute atomic E-state index is 0.409. The number of carbonyl (C=O) groups is 1. The third kappa shape index (κ3) is 2.84. The summed E-state index contributed by atoms with van der Waals surface area (Å²) in [5, 5.41) is 0.597. The van der Waals surface area contributed by atoms with Crippen LogP contribution in [-0.2, 0) is 11.2 Å². The molecule has 2 aromatic rings. The quantitative estimate of drug-likeness (QED) is 0.863. The van der Waals surface area contributed by atoms with E-state index in [1.54, 1.807) is 19.2 Å². The van der Waals surface area contributed by atoms with Crippen LogP contribution in [0.1, 0.15) is 22.2 Å². The Morgan fingerprint density at radius 2 is 2.10 bits per heavy atom. The number of ether oxygens (including phenoxy) is 2. The number of thiophene rings is 1. The monoisotopic (exact) mass is 325 g/mol. The van der Waals surface area contributed by atoms with Crippen molar-refractivity contribution in [2.75, 3.05) is 20.0 Å². The van der Waals surface area contributed by atoms with Crippen LogP contribution in [0, 0.1) is 0 Å². The van der Waals surface area contributed by atoms with Gasteiger partial charge in [-0.15, -0.1) is 11.3 Å². The molecule has 2 rings (SSSR count). The molecule has 21 heavy (non-hydrogen) atoms. The summed E-state index contributed by atoms with van der Waals surface area (Å²) in [4.78, 5) is 13.1. The van der Waals surface area contributed by atoms with Crippen LogP contribution in [0.15, 0.2) is 18.2 Å². The molecule has 0 amide bonds. The van der Waals surface area contributed by atoms with Crippen molar-refractivity contribution in [3.05, 3.63) is 33.7 Å². The van der Waals surface area contributed by atoms with E-state index in [9.17, 15) is 4.79 Å². The van der Waals surface area contributed by atoms with Crippen molar-refractivity contribution < 1.29 is 14.3 Å². The van der Waals surface area contributed by atoms with Gasteiger partial charge in [0.05, 0.1) is 19.9 Å². The molecule has 0 fully saturated rings. The number of nitrogens with two attached hydrogens (primary N) is 1. The summed E-state index contributed by atoms with van der Waals surface area (Å²) >= 11 is 7.38. The van der Waals surface area contributed by atoms with Crippen molar-refractivity contribution in [2.45, 2.75) is 13.3 Å². The SMILES string of the molecule is CCc1c(-c2cc(Cl)ccc2OC)sc(C(=O)OC)c1N. The van der Waals surface area contributed by atoms with Gasteiger partial charge in [0.25, 0.3) is 0 Å². The van der Waals surface area contributed by atoms with E-state index < -0.39 is 5.97 Å². The fourth-order valence-corrected chi connectivity index (χ4v) is 3.57. The maximum absolute atomic E-state index is 11.8. The average molecular weight is 326 g/mol. The van der Waals surface area contributed by atoms with Gasteiger partial charge in [-0.3, -0.25) is 0 Å². The zero-order chi connectivity index (χ0) is 15.6. The molecule has 4 nitrogen and oxygen atoms in total. The Labute approximate surface area is 132 Å². The lowest BCUT2D eigenvalue weighted by atomic mass is 10.1. The maximum Gasteiger partial charge on any atom is 0.350 e. The molecule has 6 heteroatoms. The summed E-state index contributed by atoms with van der Waals surface area (Å²) < 4.78 is 10.2. The Morgan fingerprint density at radius 3 is 2.67 bits per heavy atom. The van der Waals surface area contributed by atoms with Crippen molar-refractivity contribution in [3.8, 4) is 16.2 Å². The molecule has 0 radical (unpaired) electrons. The molecule has 1 heterocycles. The molecule has 0 aliphatic rings. The van der Waals surface area contributed by atoms with Crippen LogP contribution in [0.25, 0.3) is 10.4 Å². The second-order valence-electron chi connectivity index (χ2n) is 4.34. The molecule has 0 atom stereocenters. The standard InChI is InChI=1S/C15H16ClNO3S/c1-4-9-12(17)14(15(18)20-3)21-13(9)10-7-8(16)5-6-11(10)19-2/h5-7H,4,17H2,1-3H3. The fraction of sp³-hybridized carbons (Fsp3) is 0.267. The lowest BCUT2D eigenvalue weighted by Crippen LogP contribution is -2.02. The number of anilines is 1. The molecule has 0 unspecified atom stereocenters. The van der Waals surface area contributed by atoms with Crippen molar-refractivity contribution in [1.82, 2.24) is 0 Å². The van der Waals surface area contributed by atoms with Gasteiger partial charge in [-0.2, -0.15) is 0 Å². The minimum atomic E-state index is -0.431. The molecular weight excluding hydrogens is 310 g/mol. The molecule has 0 saturated carbocycles. The second-order valence-corrected chi connectivity index (χ2v) is 5.80. The summed E-state index contributed by atoms with van der Waals surface area (Å²) in [6, 6.07) is 5.37. The number of halogens is 1. The van der Waals surface area contributed by atoms with Gasteiger partial charge in [-0.25, -0.2) is 4.79 Å². The van der Waals surface area contributed by atoms with Crippen LogP contribution in [0.3, 0.4) is 0 Å². The first kappa shape index (κ1) is 15.7. The number of methoxy groups -OCH3 is 2. The predicted octanol–water partition coefficient (Wildman–Crippen LogP) is 4.01. The highest BCUT2D eigenvalue weighted by Gasteiger charge is 2.23. The first-order valence-corrected chi connectivity index (χ1v) is 7.56. The van der Waals surface area contributed by atoms with E-state index >= 15 is 0 Å². The van der Waals surface area contributed by atoms with Crippen molar-refractivity contribution in [2.24, 2.45) is 0 Å². The van der Waals surface area contributed by atoms with Crippen molar-refractivity contribution in [1.29, 1.82) is 0 Å². The predicted molar refractivity (Wildman–Crippen MR) is 86.4 cm³/mol. The van der Waals surface area contributed by atoms with Gasteiger partial charge in [-0.05, 0) is 30.2 Å². The molecule has 1 aromatic carbocycles.